The third-order valence-corrected chi connectivity index (χ3v) is 4.38. The number of aliphatic imine (C=N–C) groups is 1. The molecule has 0 amide bonds. The summed E-state index contributed by atoms with van der Waals surface area (Å²) in [7, 11) is 1.77. The molecule has 6 nitrogen and oxygen atoms in total. The number of halogens is 1. The lowest BCUT2D eigenvalue weighted by Crippen LogP contribution is -2.36. The second kappa shape index (κ2) is 10.3. The molecule has 0 bridgehead atoms. The van der Waals surface area contributed by atoms with Gasteiger partial charge in [-0.25, -0.2) is 4.98 Å². The summed E-state index contributed by atoms with van der Waals surface area (Å²) >= 11 is 0. The number of nitrogens with zero attached hydrogens (tertiary/aromatic N) is 3. The summed E-state index contributed by atoms with van der Waals surface area (Å²) in [5.41, 5.74) is 5.38. The molecule has 0 radical (unpaired) electrons. The number of aryl methyl sites for hydroxylation is 2. The predicted octanol–water partition coefficient (Wildman–Crippen LogP) is 3.83. The zero-order valence-electron chi connectivity index (χ0n) is 16.8. The Bertz CT molecular complexity index is 951. The van der Waals surface area contributed by atoms with E-state index in [4.69, 9.17) is 4.74 Å². The van der Waals surface area contributed by atoms with Crippen molar-refractivity contribution in [1.82, 2.24) is 20.0 Å². The average Bonchev–Trinajstić information content (AvgIpc) is 3.08. The van der Waals surface area contributed by atoms with Gasteiger partial charge < -0.3 is 19.8 Å². The van der Waals surface area contributed by atoms with E-state index in [0.29, 0.717) is 19.7 Å². The Balaban J connectivity index is 0.00000280. The first-order valence-corrected chi connectivity index (χ1v) is 9.21. The molecule has 2 N–H and O–H groups in total. The fraction of sp³-hybridized carbons (Fsp3) is 0.333. The average molecular weight is 493 g/mol. The molecule has 7 heteroatoms. The van der Waals surface area contributed by atoms with Crippen LogP contribution in [0.2, 0.25) is 0 Å². The van der Waals surface area contributed by atoms with Crippen molar-refractivity contribution in [2.45, 2.75) is 33.9 Å². The Morgan fingerprint density at radius 1 is 1.14 bits per heavy atom. The molecule has 0 spiro atoms. The van der Waals surface area contributed by atoms with E-state index < -0.39 is 0 Å². The van der Waals surface area contributed by atoms with Crippen molar-refractivity contribution in [3.63, 3.8) is 0 Å². The lowest BCUT2D eigenvalue weighted by molar-refractivity contribution is 0.336. The summed E-state index contributed by atoms with van der Waals surface area (Å²) in [6, 6.07) is 12.4. The Kier molecular flexibility index (Phi) is 8.10. The van der Waals surface area contributed by atoms with Crippen LogP contribution in [0.5, 0.6) is 5.75 Å². The number of imidazole rings is 1. The maximum Gasteiger partial charge on any atom is 0.191 e. The van der Waals surface area contributed by atoms with Crippen LogP contribution in [0.25, 0.3) is 5.65 Å². The maximum absolute atomic E-state index is 5.74. The van der Waals surface area contributed by atoms with Gasteiger partial charge in [0.25, 0.3) is 0 Å². The normalized spacial score (nSPS) is 11.2. The number of guanidine groups is 1. The van der Waals surface area contributed by atoms with Crippen molar-refractivity contribution >= 4 is 35.6 Å². The summed E-state index contributed by atoms with van der Waals surface area (Å²) in [5, 5.41) is 6.67. The van der Waals surface area contributed by atoms with E-state index in [-0.39, 0.29) is 24.0 Å². The van der Waals surface area contributed by atoms with Gasteiger partial charge in [0.05, 0.1) is 18.8 Å². The van der Waals surface area contributed by atoms with Gasteiger partial charge in [0, 0.05) is 31.0 Å². The van der Waals surface area contributed by atoms with E-state index in [0.717, 1.165) is 34.3 Å². The third-order valence-electron chi connectivity index (χ3n) is 4.38. The molecule has 0 fully saturated rings. The van der Waals surface area contributed by atoms with Crippen LogP contribution in [0.3, 0.4) is 0 Å². The Labute approximate surface area is 183 Å². The number of rotatable bonds is 6. The minimum Gasteiger partial charge on any atom is -0.494 e. The second-order valence-electron chi connectivity index (χ2n) is 6.45. The molecular formula is C21H28IN5O. The van der Waals surface area contributed by atoms with E-state index in [2.05, 4.69) is 69.3 Å². The first-order valence-electron chi connectivity index (χ1n) is 9.21. The number of benzene rings is 1. The van der Waals surface area contributed by atoms with Crippen molar-refractivity contribution < 1.29 is 4.74 Å². The van der Waals surface area contributed by atoms with Gasteiger partial charge in [0.1, 0.15) is 11.4 Å². The molecule has 0 aliphatic rings. The molecule has 3 aromatic rings. The topological polar surface area (TPSA) is 63.0 Å². The minimum atomic E-state index is 0. The zero-order chi connectivity index (χ0) is 19.2. The van der Waals surface area contributed by atoms with Gasteiger partial charge in [-0.05, 0) is 44.5 Å². The Morgan fingerprint density at radius 2 is 1.93 bits per heavy atom. The summed E-state index contributed by atoms with van der Waals surface area (Å²) in [6.45, 7) is 8.03. The highest BCUT2D eigenvalue weighted by Crippen LogP contribution is 2.20. The van der Waals surface area contributed by atoms with Crippen LogP contribution < -0.4 is 15.4 Å². The molecule has 2 heterocycles. The second-order valence-corrected chi connectivity index (χ2v) is 6.45. The standard InChI is InChI=1S/C21H27N5O.HI/c1-5-27-19-11-15(2)9-10-17(19)12-23-21(22-4)24-13-18-14-26-16(3)7-6-8-20(26)25-18;/h6-11,14H,5,12-13H2,1-4H3,(H2,22,23,24);1H. The third kappa shape index (κ3) is 5.37. The number of fused-ring (bicyclic) bond motifs is 1. The van der Waals surface area contributed by atoms with E-state index in [1.165, 1.54) is 5.56 Å². The smallest absolute Gasteiger partial charge is 0.191 e. The van der Waals surface area contributed by atoms with Crippen molar-refractivity contribution in [2.24, 2.45) is 4.99 Å². The number of hydrogen-bond donors (Lipinski definition) is 2. The number of ether oxygens (including phenoxy) is 1. The summed E-state index contributed by atoms with van der Waals surface area (Å²) in [5.74, 6) is 1.64. The summed E-state index contributed by atoms with van der Waals surface area (Å²) in [4.78, 5) is 8.95. The van der Waals surface area contributed by atoms with Crippen molar-refractivity contribution in [3.05, 3.63) is 65.1 Å². The van der Waals surface area contributed by atoms with Crippen LogP contribution in [-0.2, 0) is 13.1 Å². The molecular weight excluding hydrogens is 465 g/mol. The van der Waals surface area contributed by atoms with Crippen molar-refractivity contribution in [3.8, 4) is 5.75 Å². The van der Waals surface area contributed by atoms with Crippen LogP contribution in [0, 0.1) is 13.8 Å². The zero-order valence-corrected chi connectivity index (χ0v) is 19.2. The van der Waals surface area contributed by atoms with Crippen LogP contribution in [0.1, 0.15) is 29.4 Å². The van der Waals surface area contributed by atoms with Gasteiger partial charge in [-0.1, -0.05) is 18.2 Å². The van der Waals surface area contributed by atoms with Gasteiger partial charge >= 0.3 is 0 Å². The first kappa shape index (κ1) is 22.0. The highest BCUT2D eigenvalue weighted by molar-refractivity contribution is 14.0. The number of pyridine rings is 1. The molecule has 0 unspecified atom stereocenters. The van der Waals surface area contributed by atoms with Gasteiger partial charge in [0.15, 0.2) is 5.96 Å². The van der Waals surface area contributed by atoms with Gasteiger partial charge in [-0.2, -0.15) is 0 Å². The van der Waals surface area contributed by atoms with Gasteiger partial charge in [0.2, 0.25) is 0 Å². The van der Waals surface area contributed by atoms with E-state index in [1.54, 1.807) is 7.05 Å². The maximum atomic E-state index is 5.74. The fourth-order valence-electron chi connectivity index (χ4n) is 2.96. The number of hydrogen-bond acceptors (Lipinski definition) is 3. The molecule has 0 saturated carbocycles. The van der Waals surface area contributed by atoms with Crippen LogP contribution >= 0.6 is 24.0 Å². The van der Waals surface area contributed by atoms with E-state index in [9.17, 15) is 0 Å². The molecule has 2 aromatic heterocycles. The van der Waals surface area contributed by atoms with Crippen LogP contribution in [0.15, 0.2) is 47.6 Å². The van der Waals surface area contributed by atoms with Crippen molar-refractivity contribution in [2.75, 3.05) is 13.7 Å². The molecule has 150 valence electrons. The SMILES string of the molecule is CCOc1cc(C)ccc1CNC(=NC)NCc1cn2c(C)cccc2n1.I. The van der Waals surface area contributed by atoms with E-state index >= 15 is 0 Å². The fourth-order valence-corrected chi connectivity index (χ4v) is 2.96. The molecule has 1 aromatic carbocycles. The first-order chi connectivity index (χ1) is 13.1. The Morgan fingerprint density at radius 3 is 2.64 bits per heavy atom. The van der Waals surface area contributed by atoms with E-state index in [1.807, 2.05) is 19.1 Å². The summed E-state index contributed by atoms with van der Waals surface area (Å²) in [6.07, 6.45) is 2.05. The highest BCUT2D eigenvalue weighted by atomic mass is 127. The molecule has 0 aliphatic heterocycles. The molecule has 0 atom stereocenters. The monoisotopic (exact) mass is 493 g/mol. The molecule has 3 rings (SSSR count). The number of nitrogens with one attached hydrogen (secondary N) is 2. The lowest BCUT2D eigenvalue weighted by Gasteiger charge is -2.14. The predicted molar refractivity (Wildman–Crippen MR) is 125 cm³/mol. The highest BCUT2D eigenvalue weighted by Gasteiger charge is 2.07. The van der Waals surface area contributed by atoms with Gasteiger partial charge in [-0.3, -0.25) is 4.99 Å². The molecule has 28 heavy (non-hydrogen) atoms. The Hall–Kier alpha value is -2.29. The van der Waals surface area contributed by atoms with Crippen LogP contribution in [-0.4, -0.2) is 29.0 Å². The lowest BCUT2D eigenvalue weighted by atomic mass is 10.1. The number of aromatic nitrogens is 2. The molecule has 0 saturated heterocycles. The van der Waals surface area contributed by atoms with Crippen LogP contribution in [0.4, 0.5) is 0 Å². The van der Waals surface area contributed by atoms with Gasteiger partial charge in [-0.15, -0.1) is 24.0 Å². The molecule has 0 aliphatic carbocycles. The minimum absolute atomic E-state index is 0. The quantitative estimate of drug-likeness (QED) is 0.311. The largest absolute Gasteiger partial charge is 0.494 e. The summed E-state index contributed by atoms with van der Waals surface area (Å²) < 4.78 is 7.84. The van der Waals surface area contributed by atoms with Crippen molar-refractivity contribution in [1.29, 1.82) is 0 Å².